The second-order valence-electron chi connectivity index (χ2n) is 7.33. The molecule has 28 heavy (non-hydrogen) atoms. The van der Waals surface area contributed by atoms with Gasteiger partial charge in [-0.25, -0.2) is 4.39 Å². The number of likely N-dealkylation sites (tertiary alicyclic amines) is 1. The highest BCUT2D eigenvalue weighted by Crippen LogP contribution is 2.42. The van der Waals surface area contributed by atoms with E-state index in [-0.39, 0.29) is 17.5 Å². The van der Waals surface area contributed by atoms with Crippen molar-refractivity contribution < 1.29 is 14.0 Å². The van der Waals surface area contributed by atoms with Crippen LogP contribution in [-0.2, 0) is 4.79 Å². The van der Waals surface area contributed by atoms with Crippen LogP contribution in [0, 0.1) is 30.5 Å². The minimum absolute atomic E-state index is 0.00817. The first-order chi connectivity index (χ1) is 13.3. The molecule has 0 radical (unpaired) electrons. The van der Waals surface area contributed by atoms with Crippen LogP contribution in [-0.4, -0.2) is 47.4 Å². The number of fused-ring (bicyclic) bond motifs is 2. The number of carbonyl (C=O) groups excluding carboxylic acids is 2. The molecule has 2 aromatic rings. The van der Waals surface area contributed by atoms with Crippen LogP contribution in [0.1, 0.15) is 29.4 Å². The third-order valence-corrected chi connectivity index (χ3v) is 6.21. The van der Waals surface area contributed by atoms with E-state index in [0.717, 1.165) is 12.5 Å². The van der Waals surface area contributed by atoms with Crippen LogP contribution in [0.5, 0.6) is 0 Å². The van der Waals surface area contributed by atoms with Crippen molar-refractivity contribution in [2.24, 2.45) is 11.7 Å². The topological polar surface area (TPSA) is 82.4 Å². The first-order valence-corrected chi connectivity index (χ1v) is 9.49. The second kappa shape index (κ2) is 6.71. The summed E-state index contributed by atoms with van der Waals surface area (Å²) in [5, 5.41) is 0.824. The molecule has 4 rings (SSSR count). The summed E-state index contributed by atoms with van der Waals surface area (Å²) in [6.07, 6.45) is 0.841. The van der Waals surface area contributed by atoms with Gasteiger partial charge in [0.15, 0.2) is 0 Å². The van der Waals surface area contributed by atoms with Gasteiger partial charge in [-0.15, -0.1) is 0 Å². The molecule has 0 aliphatic carbocycles. The number of primary amides is 1. The number of halogens is 2. The molecule has 2 fully saturated rings. The molecule has 1 aromatic heterocycles. The first kappa shape index (κ1) is 18.6. The fourth-order valence-electron chi connectivity index (χ4n) is 4.33. The third kappa shape index (κ3) is 2.71. The van der Waals surface area contributed by atoms with Crippen molar-refractivity contribution in [3.05, 3.63) is 28.2 Å². The van der Waals surface area contributed by atoms with Crippen molar-refractivity contribution in [1.29, 1.82) is 0 Å². The zero-order chi connectivity index (χ0) is 20.2. The Kier molecular flexibility index (Phi) is 4.47. The standard InChI is InChI=1S/C20H20ClFN4O2/c1-3-4-15(27)26-8-11-5-6-25(9-14(11)26)19-13(22)7-12(20(23)28)18-16(19)17(21)10(2)24-18/h7,11,14,24H,5-6,8-9H2,1-2H3,(H2,23,28). The SMILES string of the molecule is CC#CC(=O)N1CC2CCN(c3c(F)cc(C(N)=O)c4[nH]c(C)c(Cl)c34)CC21. The number of piperidine rings is 1. The largest absolute Gasteiger partial charge is 0.366 e. The molecule has 3 N–H and O–H groups in total. The number of hydrogen-bond acceptors (Lipinski definition) is 3. The number of aromatic nitrogens is 1. The zero-order valence-corrected chi connectivity index (χ0v) is 16.4. The van der Waals surface area contributed by atoms with Crippen molar-refractivity contribution in [1.82, 2.24) is 9.88 Å². The summed E-state index contributed by atoms with van der Waals surface area (Å²) in [6, 6.07) is 1.15. The number of H-pyrrole nitrogens is 1. The highest BCUT2D eigenvalue weighted by atomic mass is 35.5. The van der Waals surface area contributed by atoms with Gasteiger partial charge < -0.3 is 20.5 Å². The fraction of sp³-hybridized carbons (Fsp3) is 0.400. The van der Waals surface area contributed by atoms with Gasteiger partial charge in [-0.1, -0.05) is 17.5 Å². The predicted octanol–water partition coefficient (Wildman–Crippen LogP) is 2.43. The van der Waals surface area contributed by atoms with Gasteiger partial charge in [-0.3, -0.25) is 9.59 Å². The maximum atomic E-state index is 15.1. The Hall–Kier alpha value is -2.72. The van der Waals surface area contributed by atoms with Gasteiger partial charge in [-0.05, 0) is 32.3 Å². The molecule has 2 amide bonds. The number of nitrogens with one attached hydrogen (secondary N) is 1. The quantitative estimate of drug-likeness (QED) is 0.757. The molecule has 2 atom stereocenters. The first-order valence-electron chi connectivity index (χ1n) is 9.11. The number of amides is 2. The molecular weight excluding hydrogens is 383 g/mol. The molecule has 2 unspecified atom stereocenters. The normalized spacial score (nSPS) is 21.0. The number of hydrogen-bond donors (Lipinski definition) is 2. The average Bonchev–Trinajstić information content (AvgIpc) is 2.91. The highest BCUT2D eigenvalue weighted by molar-refractivity contribution is 6.38. The summed E-state index contributed by atoms with van der Waals surface area (Å²) >= 11 is 6.45. The number of carbonyl (C=O) groups is 2. The van der Waals surface area contributed by atoms with Gasteiger partial charge in [0.1, 0.15) is 5.82 Å². The molecule has 0 saturated carbocycles. The van der Waals surface area contributed by atoms with Crippen LogP contribution in [0.4, 0.5) is 10.1 Å². The number of aromatic amines is 1. The molecule has 6 nitrogen and oxygen atoms in total. The molecule has 146 valence electrons. The molecule has 8 heteroatoms. The van der Waals surface area contributed by atoms with E-state index in [0.29, 0.717) is 52.9 Å². The Labute approximate surface area is 166 Å². The van der Waals surface area contributed by atoms with Crippen LogP contribution in [0.15, 0.2) is 6.07 Å². The van der Waals surface area contributed by atoms with Crippen molar-refractivity contribution >= 4 is 40.0 Å². The van der Waals surface area contributed by atoms with Crippen molar-refractivity contribution in [2.75, 3.05) is 24.5 Å². The Bertz CT molecular complexity index is 1070. The van der Waals surface area contributed by atoms with Gasteiger partial charge in [0, 0.05) is 36.6 Å². The van der Waals surface area contributed by atoms with Crippen LogP contribution in [0.3, 0.4) is 0 Å². The van der Waals surface area contributed by atoms with Gasteiger partial charge in [0.25, 0.3) is 11.8 Å². The monoisotopic (exact) mass is 402 g/mol. The Morgan fingerprint density at radius 3 is 2.82 bits per heavy atom. The Morgan fingerprint density at radius 1 is 1.39 bits per heavy atom. The smallest absolute Gasteiger partial charge is 0.298 e. The fourth-order valence-corrected chi connectivity index (χ4v) is 4.56. The lowest BCUT2D eigenvalue weighted by Gasteiger charge is -2.53. The van der Waals surface area contributed by atoms with E-state index in [1.807, 2.05) is 4.90 Å². The molecule has 1 aromatic carbocycles. The molecule has 2 aliphatic heterocycles. The number of nitrogens with two attached hydrogens (primary N) is 1. The molecule has 3 heterocycles. The van der Waals surface area contributed by atoms with E-state index in [1.54, 1.807) is 18.7 Å². The zero-order valence-electron chi connectivity index (χ0n) is 15.6. The summed E-state index contributed by atoms with van der Waals surface area (Å²) in [7, 11) is 0. The molecule has 2 aliphatic rings. The van der Waals surface area contributed by atoms with Gasteiger partial charge in [-0.2, -0.15) is 0 Å². The summed E-state index contributed by atoms with van der Waals surface area (Å²) < 4.78 is 15.1. The Balaban J connectivity index is 1.76. The molecule has 2 saturated heterocycles. The van der Waals surface area contributed by atoms with E-state index in [4.69, 9.17) is 17.3 Å². The second-order valence-corrected chi connectivity index (χ2v) is 7.71. The number of benzene rings is 1. The van der Waals surface area contributed by atoms with E-state index in [9.17, 15) is 9.59 Å². The summed E-state index contributed by atoms with van der Waals surface area (Å²) in [6.45, 7) is 5.21. The summed E-state index contributed by atoms with van der Waals surface area (Å²) in [5.74, 6) is 4.14. The maximum Gasteiger partial charge on any atom is 0.298 e. The number of aryl methyl sites for hydroxylation is 1. The van der Waals surface area contributed by atoms with E-state index in [2.05, 4.69) is 16.8 Å². The molecule has 0 spiro atoms. The maximum absolute atomic E-state index is 15.1. The third-order valence-electron chi connectivity index (χ3n) is 5.74. The van der Waals surface area contributed by atoms with Crippen LogP contribution >= 0.6 is 11.6 Å². The number of nitrogens with zero attached hydrogens (tertiary/aromatic N) is 2. The van der Waals surface area contributed by atoms with Crippen molar-refractivity contribution in [2.45, 2.75) is 26.3 Å². The highest BCUT2D eigenvalue weighted by Gasteiger charge is 2.45. The summed E-state index contributed by atoms with van der Waals surface area (Å²) in [5.41, 5.74) is 6.91. The van der Waals surface area contributed by atoms with Crippen LogP contribution in [0.2, 0.25) is 5.02 Å². The molecular formula is C20H20ClFN4O2. The number of rotatable bonds is 2. The van der Waals surface area contributed by atoms with Crippen LogP contribution in [0.25, 0.3) is 10.9 Å². The van der Waals surface area contributed by atoms with Crippen molar-refractivity contribution in [3.63, 3.8) is 0 Å². The predicted molar refractivity (Wildman–Crippen MR) is 106 cm³/mol. The van der Waals surface area contributed by atoms with Gasteiger partial charge in [0.05, 0.1) is 27.8 Å². The Morgan fingerprint density at radius 2 is 2.14 bits per heavy atom. The molecule has 0 bridgehead atoms. The lowest BCUT2D eigenvalue weighted by molar-refractivity contribution is -0.137. The van der Waals surface area contributed by atoms with Gasteiger partial charge >= 0.3 is 0 Å². The van der Waals surface area contributed by atoms with E-state index < -0.39 is 11.7 Å². The van der Waals surface area contributed by atoms with Crippen molar-refractivity contribution in [3.8, 4) is 11.8 Å². The minimum atomic E-state index is -0.721. The lowest BCUT2D eigenvalue weighted by Crippen LogP contribution is -2.65. The van der Waals surface area contributed by atoms with Gasteiger partial charge in [0.2, 0.25) is 0 Å². The van der Waals surface area contributed by atoms with E-state index >= 15 is 4.39 Å². The lowest BCUT2D eigenvalue weighted by atomic mass is 9.82. The number of anilines is 1. The van der Waals surface area contributed by atoms with Crippen LogP contribution < -0.4 is 10.6 Å². The average molecular weight is 403 g/mol. The van der Waals surface area contributed by atoms with E-state index in [1.165, 1.54) is 0 Å². The minimum Gasteiger partial charge on any atom is -0.366 e. The summed E-state index contributed by atoms with van der Waals surface area (Å²) in [4.78, 5) is 30.6.